The molecule has 0 fully saturated rings. The molecule has 128 valence electrons. The Morgan fingerprint density at radius 3 is 1.96 bits per heavy atom. The van der Waals surface area contributed by atoms with Gasteiger partial charge in [-0.3, -0.25) is 4.79 Å². The van der Waals surface area contributed by atoms with Crippen molar-refractivity contribution in [1.29, 1.82) is 0 Å². The maximum absolute atomic E-state index is 11.6. The van der Waals surface area contributed by atoms with Gasteiger partial charge in [-0.2, -0.15) is 0 Å². The molecule has 0 spiro atoms. The number of aliphatic hydroxyl groups excluding tert-OH is 2. The van der Waals surface area contributed by atoms with Crippen LogP contribution in [0.4, 0.5) is 0 Å². The van der Waals surface area contributed by atoms with Crippen molar-refractivity contribution in [3.05, 3.63) is 59.7 Å². The average molecular weight is 328 g/mol. The molecule has 5 N–H and O–H groups in total. The summed E-state index contributed by atoms with van der Waals surface area (Å²) in [5, 5.41) is 21.6. The minimum atomic E-state index is -0.856. The van der Waals surface area contributed by atoms with Gasteiger partial charge in [0.05, 0.1) is 12.1 Å². The minimum Gasteiger partial charge on any atom is -0.391 e. The summed E-state index contributed by atoms with van der Waals surface area (Å²) in [6, 6.07) is 15.3. The third kappa shape index (κ3) is 4.72. The Labute approximate surface area is 142 Å². The van der Waals surface area contributed by atoms with E-state index in [0.717, 1.165) is 22.3 Å². The fraction of sp³-hybridized carbons (Fsp3) is 0.316. The van der Waals surface area contributed by atoms with E-state index < -0.39 is 24.5 Å². The van der Waals surface area contributed by atoms with E-state index in [9.17, 15) is 9.90 Å². The Balaban J connectivity index is 2.02. The monoisotopic (exact) mass is 328 g/mol. The number of benzene rings is 2. The summed E-state index contributed by atoms with van der Waals surface area (Å²) in [5.74, 6) is -0.415. The highest BCUT2D eigenvalue weighted by atomic mass is 16.3. The van der Waals surface area contributed by atoms with Crippen molar-refractivity contribution in [2.75, 3.05) is 6.61 Å². The minimum absolute atomic E-state index is 0.415. The van der Waals surface area contributed by atoms with Crippen LogP contribution in [0.5, 0.6) is 0 Å². The largest absolute Gasteiger partial charge is 0.391 e. The lowest BCUT2D eigenvalue weighted by molar-refractivity contribution is -0.126. The van der Waals surface area contributed by atoms with Crippen LogP contribution in [-0.2, 0) is 17.9 Å². The van der Waals surface area contributed by atoms with Crippen LogP contribution in [0.1, 0.15) is 18.1 Å². The number of carbonyl (C=O) groups is 1. The second kappa shape index (κ2) is 8.70. The van der Waals surface area contributed by atoms with Crippen LogP contribution in [0.3, 0.4) is 0 Å². The smallest absolute Gasteiger partial charge is 0.177 e. The van der Waals surface area contributed by atoms with Gasteiger partial charge in [0.1, 0.15) is 6.61 Å². The van der Waals surface area contributed by atoms with E-state index in [1.807, 2.05) is 48.5 Å². The van der Waals surface area contributed by atoms with Crippen molar-refractivity contribution < 1.29 is 15.0 Å². The second-order valence-electron chi connectivity index (χ2n) is 5.82. The molecule has 2 rings (SSSR count). The molecule has 5 nitrogen and oxygen atoms in total. The molecular weight excluding hydrogens is 304 g/mol. The van der Waals surface area contributed by atoms with Crippen LogP contribution in [0.15, 0.2) is 48.5 Å². The highest BCUT2D eigenvalue weighted by molar-refractivity contribution is 5.85. The molecule has 0 saturated heterocycles. The van der Waals surface area contributed by atoms with Crippen LogP contribution in [0.2, 0.25) is 0 Å². The lowest BCUT2D eigenvalue weighted by Crippen LogP contribution is -2.45. The summed E-state index contributed by atoms with van der Waals surface area (Å²) in [4.78, 5) is 11.6. The van der Waals surface area contributed by atoms with Crippen molar-refractivity contribution in [3.8, 4) is 11.1 Å². The van der Waals surface area contributed by atoms with Gasteiger partial charge in [-0.15, -0.1) is 0 Å². The predicted octanol–water partition coefficient (Wildman–Crippen LogP) is 1.21. The summed E-state index contributed by atoms with van der Waals surface area (Å²) in [6.45, 7) is 1.91. The number of rotatable bonds is 8. The molecule has 0 bridgehead atoms. The van der Waals surface area contributed by atoms with Gasteiger partial charge in [-0.05, 0) is 29.2 Å². The van der Waals surface area contributed by atoms with Gasteiger partial charge in [0.15, 0.2) is 5.78 Å². The van der Waals surface area contributed by atoms with Crippen molar-refractivity contribution in [3.63, 3.8) is 0 Å². The molecule has 0 aliphatic rings. The van der Waals surface area contributed by atoms with Crippen LogP contribution < -0.4 is 11.1 Å². The molecule has 2 aromatic rings. The molecular formula is C19H24N2O3. The van der Waals surface area contributed by atoms with Crippen molar-refractivity contribution in [2.45, 2.75) is 32.2 Å². The van der Waals surface area contributed by atoms with Crippen molar-refractivity contribution in [2.24, 2.45) is 5.73 Å². The standard InChI is InChI=1S/C19H24N2O3/c1-13(23)19(18(24)12-22)21-11-15-4-8-17(9-5-15)16-6-2-14(10-20)3-7-16/h2-9,13,19,21-23H,10-12,20H2,1H3/t13-,19+/m1/s1. The lowest BCUT2D eigenvalue weighted by Gasteiger charge is -2.19. The van der Waals surface area contributed by atoms with E-state index in [2.05, 4.69) is 5.32 Å². The molecule has 0 amide bonds. The van der Waals surface area contributed by atoms with Crippen molar-refractivity contribution in [1.82, 2.24) is 5.32 Å². The number of Topliss-reactive ketones (excluding diaryl/α,β-unsaturated/α-hetero) is 1. The highest BCUT2D eigenvalue weighted by Crippen LogP contribution is 2.20. The summed E-state index contributed by atoms with van der Waals surface area (Å²) in [5.41, 5.74) is 9.91. The Hall–Kier alpha value is -2.05. The number of nitrogens with one attached hydrogen (secondary N) is 1. The first-order chi connectivity index (χ1) is 11.5. The summed E-state index contributed by atoms with van der Waals surface area (Å²) >= 11 is 0. The highest BCUT2D eigenvalue weighted by Gasteiger charge is 2.21. The van der Waals surface area contributed by atoms with Crippen LogP contribution in [-0.4, -0.2) is 34.7 Å². The molecule has 0 aromatic heterocycles. The molecule has 0 aliphatic heterocycles. The Bertz CT molecular complexity index is 651. The lowest BCUT2D eigenvalue weighted by atomic mass is 10.0. The first-order valence-electron chi connectivity index (χ1n) is 7.98. The fourth-order valence-corrected chi connectivity index (χ4v) is 2.53. The first kappa shape index (κ1) is 18.3. The summed E-state index contributed by atoms with van der Waals surface area (Å²) < 4.78 is 0. The molecule has 5 heteroatoms. The number of carbonyl (C=O) groups excluding carboxylic acids is 1. The van der Waals surface area contributed by atoms with Gasteiger partial charge in [-0.25, -0.2) is 0 Å². The van der Waals surface area contributed by atoms with Crippen LogP contribution in [0, 0.1) is 0 Å². The van der Waals surface area contributed by atoms with E-state index in [1.165, 1.54) is 6.92 Å². The van der Waals surface area contributed by atoms with Crippen molar-refractivity contribution >= 4 is 5.78 Å². The third-order valence-electron chi connectivity index (χ3n) is 3.99. The Kier molecular flexibility index (Phi) is 6.63. The number of nitrogens with two attached hydrogens (primary N) is 1. The van der Waals surface area contributed by atoms with Crippen LogP contribution in [0.25, 0.3) is 11.1 Å². The maximum Gasteiger partial charge on any atom is 0.177 e. The first-order valence-corrected chi connectivity index (χ1v) is 7.98. The zero-order chi connectivity index (χ0) is 17.5. The van der Waals surface area contributed by atoms with Crippen LogP contribution >= 0.6 is 0 Å². The maximum atomic E-state index is 11.6. The zero-order valence-corrected chi connectivity index (χ0v) is 13.8. The second-order valence-corrected chi connectivity index (χ2v) is 5.82. The SMILES string of the molecule is C[C@@H](O)[C@H](NCc1ccc(-c2ccc(CN)cc2)cc1)C(=O)CO. The predicted molar refractivity (Wildman–Crippen MR) is 94.2 cm³/mol. The van der Waals surface area contributed by atoms with E-state index in [-0.39, 0.29) is 0 Å². The Morgan fingerprint density at radius 1 is 1.04 bits per heavy atom. The van der Waals surface area contributed by atoms with E-state index in [1.54, 1.807) is 0 Å². The van der Waals surface area contributed by atoms with E-state index in [0.29, 0.717) is 13.1 Å². The number of ketones is 1. The molecule has 0 unspecified atom stereocenters. The molecule has 0 radical (unpaired) electrons. The van der Waals surface area contributed by atoms with Gasteiger partial charge in [-0.1, -0.05) is 48.5 Å². The molecule has 2 atom stereocenters. The summed E-state index contributed by atoms with van der Waals surface area (Å²) in [6.07, 6.45) is -0.856. The topological polar surface area (TPSA) is 95.6 Å². The third-order valence-corrected chi connectivity index (χ3v) is 3.99. The molecule has 0 heterocycles. The molecule has 0 saturated carbocycles. The summed E-state index contributed by atoms with van der Waals surface area (Å²) in [7, 11) is 0. The zero-order valence-electron chi connectivity index (χ0n) is 13.8. The number of hydrogen-bond acceptors (Lipinski definition) is 5. The molecule has 0 aliphatic carbocycles. The average Bonchev–Trinajstić information content (AvgIpc) is 2.62. The quantitative estimate of drug-likeness (QED) is 0.584. The van der Waals surface area contributed by atoms with E-state index in [4.69, 9.17) is 10.8 Å². The van der Waals surface area contributed by atoms with Gasteiger partial charge in [0.25, 0.3) is 0 Å². The number of aliphatic hydroxyl groups is 2. The fourth-order valence-electron chi connectivity index (χ4n) is 2.53. The van der Waals surface area contributed by atoms with Gasteiger partial charge < -0.3 is 21.3 Å². The van der Waals surface area contributed by atoms with Gasteiger partial charge in [0, 0.05) is 13.1 Å². The normalized spacial score (nSPS) is 13.5. The van der Waals surface area contributed by atoms with E-state index >= 15 is 0 Å². The molecule has 2 aromatic carbocycles. The van der Waals surface area contributed by atoms with Gasteiger partial charge >= 0.3 is 0 Å². The Morgan fingerprint density at radius 2 is 1.54 bits per heavy atom. The molecule has 24 heavy (non-hydrogen) atoms. The number of hydrogen-bond donors (Lipinski definition) is 4. The van der Waals surface area contributed by atoms with Gasteiger partial charge in [0.2, 0.25) is 0 Å².